The molecular weight excluding hydrogens is 374 g/mol. The van der Waals surface area contributed by atoms with Crippen LogP contribution in [0.3, 0.4) is 0 Å². The fraction of sp³-hybridized carbons (Fsp3) is 0.429. The van der Waals surface area contributed by atoms with Gasteiger partial charge < -0.3 is 4.98 Å². The van der Waals surface area contributed by atoms with Gasteiger partial charge in [-0.25, -0.2) is 26.3 Å². The molecule has 134 valence electrons. The molecule has 0 fully saturated rings. The van der Waals surface area contributed by atoms with E-state index in [1.54, 1.807) is 6.07 Å². The molecule has 0 bridgehead atoms. The van der Waals surface area contributed by atoms with Crippen molar-refractivity contribution in [3.8, 4) is 0 Å². The van der Waals surface area contributed by atoms with E-state index in [0.717, 1.165) is 34.5 Å². The Morgan fingerprint density at radius 1 is 0.958 bits per heavy atom. The molecule has 0 unspecified atom stereocenters. The molecule has 0 saturated heterocycles. The van der Waals surface area contributed by atoms with Crippen molar-refractivity contribution in [2.24, 2.45) is 0 Å². The van der Waals surface area contributed by atoms with Crippen molar-refractivity contribution in [2.45, 2.75) is 12.8 Å². The van der Waals surface area contributed by atoms with Gasteiger partial charge in [0.15, 0.2) is 0 Å². The van der Waals surface area contributed by atoms with Crippen LogP contribution in [0.15, 0.2) is 18.3 Å². The molecule has 2 aromatic rings. The zero-order valence-corrected chi connectivity index (χ0v) is 15.8. The zero-order valence-electron chi connectivity index (χ0n) is 13.4. The van der Waals surface area contributed by atoms with E-state index in [2.05, 4.69) is 14.4 Å². The first-order valence-electron chi connectivity index (χ1n) is 7.23. The number of hydrogen-bond acceptors (Lipinski definition) is 4. The number of fused-ring (bicyclic) bond motifs is 1. The van der Waals surface area contributed by atoms with Gasteiger partial charge in [0.05, 0.1) is 12.5 Å². The standard InChI is InChI=1S/C14H20ClN3O4S2/c1-23(19,20)17-5-3-10-7-12(15)8-13-11(9-16-14(10)13)4-6-18-24(2,21)22/h7-9,16-18H,3-6H2,1-2H3. The average molecular weight is 394 g/mol. The van der Waals surface area contributed by atoms with Crippen molar-refractivity contribution in [1.82, 2.24) is 14.4 Å². The van der Waals surface area contributed by atoms with E-state index >= 15 is 0 Å². The SMILES string of the molecule is CS(=O)(=O)NCCc1c[nH]c2c(CCNS(C)(=O)=O)cc(Cl)cc12. The van der Waals surface area contributed by atoms with Crippen molar-refractivity contribution >= 4 is 42.6 Å². The van der Waals surface area contributed by atoms with Crippen LogP contribution in [0, 0.1) is 0 Å². The monoisotopic (exact) mass is 393 g/mol. The second kappa shape index (κ2) is 7.40. The van der Waals surface area contributed by atoms with Crippen LogP contribution in [0.1, 0.15) is 11.1 Å². The number of benzene rings is 1. The molecule has 0 aliphatic heterocycles. The smallest absolute Gasteiger partial charge is 0.208 e. The summed E-state index contributed by atoms with van der Waals surface area (Å²) in [5.41, 5.74) is 2.72. The molecule has 3 N–H and O–H groups in total. The van der Waals surface area contributed by atoms with Crippen LogP contribution in [0.4, 0.5) is 0 Å². The van der Waals surface area contributed by atoms with E-state index in [1.807, 2.05) is 12.3 Å². The average Bonchev–Trinajstić information content (AvgIpc) is 2.79. The second-order valence-corrected chi connectivity index (χ2v) is 9.74. The number of hydrogen-bond donors (Lipinski definition) is 3. The molecule has 10 heteroatoms. The number of aromatic nitrogens is 1. The van der Waals surface area contributed by atoms with E-state index in [9.17, 15) is 16.8 Å². The van der Waals surface area contributed by atoms with Gasteiger partial charge in [0.1, 0.15) is 0 Å². The summed E-state index contributed by atoms with van der Waals surface area (Å²) in [6.07, 6.45) is 5.06. The Morgan fingerprint density at radius 2 is 1.50 bits per heavy atom. The number of halogens is 1. The van der Waals surface area contributed by atoms with Gasteiger partial charge in [-0.1, -0.05) is 11.6 Å². The molecule has 0 atom stereocenters. The largest absolute Gasteiger partial charge is 0.361 e. The van der Waals surface area contributed by atoms with Gasteiger partial charge in [-0.15, -0.1) is 0 Å². The van der Waals surface area contributed by atoms with E-state index in [-0.39, 0.29) is 6.54 Å². The van der Waals surface area contributed by atoms with Gasteiger partial charge in [-0.3, -0.25) is 0 Å². The molecule has 0 saturated carbocycles. The van der Waals surface area contributed by atoms with Gasteiger partial charge in [-0.2, -0.15) is 0 Å². The summed E-state index contributed by atoms with van der Waals surface area (Å²) in [4.78, 5) is 3.17. The quantitative estimate of drug-likeness (QED) is 0.621. The molecule has 0 spiro atoms. The highest BCUT2D eigenvalue weighted by molar-refractivity contribution is 7.89. The number of rotatable bonds is 8. The van der Waals surface area contributed by atoms with Gasteiger partial charge in [0.25, 0.3) is 0 Å². The maximum absolute atomic E-state index is 11.2. The first-order valence-corrected chi connectivity index (χ1v) is 11.4. The number of H-pyrrole nitrogens is 1. The van der Waals surface area contributed by atoms with Gasteiger partial charge >= 0.3 is 0 Å². The summed E-state index contributed by atoms with van der Waals surface area (Å²) in [6, 6.07) is 3.61. The lowest BCUT2D eigenvalue weighted by atomic mass is 10.1. The highest BCUT2D eigenvalue weighted by Crippen LogP contribution is 2.27. The molecule has 7 nitrogen and oxygen atoms in total. The molecule has 1 aromatic carbocycles. The minimum Gasteiger partial charge on any atom is -0.361 e. The molecule has 2 rings (SSSR count). The lowest BCUT2D eigenvalue weighted by Gasteiger charge is -2.07. The van der Waals surface area contributed by atoms with Crippen molar-refractivity contribution in [1.29, 1.82) is 0 Å². The second-order valence-electron chi connectivity index (χ2n) is 5.63. The van der Waals surface area contributed by atoms with Gasteiger partial charge in [0, 0.05) is 35.2 Å². The lowest BCUT2D eigenvalue weighted by molar-refractivity contribution is 0.586. The predicted octanol–water partition coefficient (Wildman–Crippen LogP) is 1.00. The van der Waals surface area contributed by atoms with Crippen LogP contribution in [0.5, 0.6) is 0 Å². The molecular formula is C14H20ClN3O4S2. The highest BCUT2D eigenvalue weighted by Gasteiger charge is 2.11. The Hall–Kier alpha value is -1.13. The Labute approximate surface area is 146 Å². The molecule has 24 heavy (non-hydrogen) atoms. The van der Waals surface area contributed by atoms with E-state index < -0.39 is 20.0 Å². The van der Waals surface area contributed by atoms with Crippen LogP contribution in [0.25, 0.3) is 10.9 Å². The van der Waals surface area contributed by atoms with Crippen molar-refractivity contribution in [2.75, 3.05) is 25.6 Å². The molecule has 0 radical (unpaired) electrons. The number of nitrogens with one attached hydrogen (secondary N) is 3. The third-order valence-electron chi connectivity index (χ3n) is 3.44. The van der Waals surface area contributed by atoms with E-state index in [0.29, 0.717) is 24.4 Å². The van der Waals surface area contributed by atoms with E-state index in [1.165, 1.54) is 0 Å². The molecule has 0 aliphatic rings. The minimum absolute atomic E-state index is 0.276. The van der Waals surface area contributed by atoms with Crippen LogP contribution >= 0.6 is 11.6 Å². The fourth-order valence-corrected chi connectivity index (χ4v) is 3.66. The Morgan fingerprint density at radius 3 is 2.04 bits per heavy atom. The summed E-state index contributed by atoms with van der Waals surface area (Å²) in [6.45, 7) is 0.571. The van der Waals surface area contributed by atoms with Crippen LogP contribution < -0.4 is 9.44 Å². The molecule has 0 aliphatic carbocycles. The number of sulfonamides is 2. The van der Waals surface area contributed by atoms with Gasteiger partial charge in [-0.05, 0) is 36.1 Å². The first-order chi connectivity index (χ1) is 11.1. The lowest BCUT2D eigenvalue weighted by Crippen LogP contribution is -2.24. The first kappa shape index (κ1) is 19.2. The number of aromatic amines is 1. The van der Waals surface area contributed by atoms with Crippen molar-refractivity contribution in [3.05, 3.63) is 34.5 Å². The van der Waals surface area contributed by atoms with Crippen LogP contribution in [-0.4, -0.2) is 47.4 Å². The summed E-state index contributed by atoms with van der Waals surface area (Å²) in [5, 5.41) is 1.46. The zero-order chi connectivity index (χ0) is 18.0. The summed E-state index contributed by atoms with van der Waals surface area (Å²) < 4.78 is 49.5. The maximum atomic E-state index is 11.2. The van der Waals surface area contributed by atoms with Gasteiger partial charge in [0.2, 0.25) is 20.0 Å². The molecule has 0 amide bonds. The van der Waals surface area contributed by atoms with Crippen LogP contribution in [-0.2, 0) is 32.9 Å². The molecule has 1 aromatic heterocycles. The topological polar surface area (TPSA) is 108 Å². The van der Waals surface area contributed by atoms with E-state index in [4.69, 9.17) is 11.6 Å². The summed E-state index contributed by atoms with van der Waals surface area (Å²) in [7, 11) is -6.46. The summed E-state index contributed by atoms with van der Waals surface area (Å²) in [5.74, 6) is 0. The minimum atomic E-state index is -3.24. The predicted molar refractivity (Wildman–Crippen MR) is 96.4 cm³/mol. The third kappa shape index (κ3) is 5.75. The Bertz CT molecular complexity index is 936. The molecule has 1 heterocycles. The highest BCUT2D eigenvalue weighted by atomic mass is 35.5. The summed E-state index contributed by atoms with van der Waals surface area (Å²) >= 11 is 6.16. The van der Waals surface area contributed by atoms with Crippen LogP contribution in [0.2, 0.25) is 5.02 Å². The van der Waals surface area contributed by atoms with Crippen molar-refractivity contribution < 1.29 is 16.8 Å². The third-order valence-corrected chi connectivity index (χ3v) is 5.11. The Kier molecular flexibility index (Phi) is 5.92. The Balaban J connectivity index is 2.19. The fourth-order valence-electron chi connectivity index (χ4n) is 2.47. The van der Waals surface area contributed by atoms with Crippen molar-refractivity contribution in [3.63, 3.8) is 0 Å². The normalized spacial score (nSPS) is 12.8. The maximum Gasteiger partial charge on any atom is 0.208 e.